The van der Waals surface area contributed by atoms with Crippen molar-refractivity contribution in [2.75, 3.05) is 12.8 Å². The summed E-state index contributed by atoms with van der Waals surface area (Å²) in [5, 5.41) is 3.44. The lowest BCUT2D eigenvalue weighted by Crippen LogP contribution is -2.42. The number of aromatic amines is 1. The van der Waals surface area contributed by atoms with Gasteiger partial charge in [0.1, 0.15) is 0 Å². The Morgan fingerprint density at radius 1 is 1.11 bits per heavy atom. The molecule has 0 aliphatic heterocycles. The molecule has 0 aromatic carbocycles. The molecule has 0 saturated heterocycles. The normalized spacial score (nSPS) is 23.6. The molecule has 0 spiro atoms. The number of fused-ring (bicyclic) bond motifs is 3. The smallest absolute Gasteiger partial charge is 0.211 e. The molecule has 2 fully saturated rings. The number of hydrogen-bond donors (Lipinski definition) is 1. The van der Waals surface area contributed by atoms with Gasteiger partial charge in [-0.05, 0) is 62.5 Å². The van der Waals surface area contributed by atoms with Gasteiger partial charge in [-0.25, -0.2) is 18.4 Å². The number of rotatable bonds is 5. The zero-order chi connectivity index (χ0) is 19.3. The number of aromatic nitrogens is 3. The number of nitrogens with zero attached hydrogens (tertiary/aromatic N) is 3. The van der Waals surface area contributed by atoms with E-state index in [2.05, 4.69) is 21.0 Å². The van der Waals surface area contributed by atoms with Crippen LogP contribution in [0.25, 0.3) is 21.8 Å². The van der Waals surface area contributed by atoms with E-state index >= 15 is 0 Å². The molecule has 148 valence electrons. The molecule has 0 amide bonds. The molecule has 2 aliphatic rings. The number of pyridine rings is 2. The third kappa shape index (κ3) is 3.31. The maximum absolute atomic E-state index is 12.3. The molecule has 1 N–H and O–H groups in total. The fourth-order valence-corrected chi connectivity index (χ4v) is 6.01. The summed E-state index contributed by atoms with van der Waals surface area (Å²) in [6, 6.07) is 4.24. The Hall–Kier alpha value is -1.99. The SMILES string of the molecule is CS(=O)(=O)N(CC1CC1)C1CCC(c2[nH]ccc3cnc4nccc4c23)CC1. The lowest BCUT2D eigenvalue weighted by Gasteiger charge is -2.35. The second-order valence-electron chi connectivity index (χ2n) is 8.44. The van der Waals surface area contributed by atoms with Crippen molar-refractivity contribution in [1.82, 2.24) is 19.3 Å². The van der Waals surface area contributed by atoms with Crippen LogP contribution in [-0.2, 0) is 10.0 Å². The summed E-state index contributed by atoms with van der Waals surface area (Å²) in [6.45, 7) is 0.708. The molecule has 28 heavy (non-hydrogen) atoms. The van der Waals surface area contributed by atoms with Crippen LogP contribution in [0.4, 0.5) is 0 Å². The molecule has 2 saturated carbocycles. The topological polar surface area (TPSA) is 79.0 Å². The maximum Gasteiger partial charge on any atom is 0.211 e. The largest absolute Gasteiger partial charge is 0.364 e. The predicted octanol–water partition coefficient (Wildman–Crippen LogP) is 3.81. The average Bonchev–Trinajstić information content (AvgIpc) is 3.38. The van der Waals surface area contributed by atoms with E-state index < -0.39 is 10.0 Å². The summed E-state index contributed by atoms with van der Waals surface area (Å²) < 4.78 is 26.5. The highest BCUT2D eigenvalue weighted by molar-refractivity contribution is 7.88. The predicted molar refractivity (Wildman–Crippen MR) is 111 cm³/mol. The number of nitrogens with one attached hydrogen (secondary N) is 1. The van der Waals surface area contributed by atoms with Crippen LogP contribution in [0.5, 0.6) is 0 Å². The van der Waals surface area contributed by atoms with Crippen molar-refractivity contribution in [2.24, 2.45) is 5.92 Å². The van der Waals surface area contributed by atoms with Crippen molar-refractivity contribution < 1.29 is 8.42 Å². The van der Waals surface area contributed by atoms with Gasteiger partial charge in [0.05, 0.1) is 6.26 Å². The van der Waals surface area contributed by atoms with Crippen molar-refractivity contribution in [3.05, 3.63) is 36.4 Å². The number of hydrogen-bond acceptors (Lipinski definition) is 4. The third-order valence-electron chi connectivity index (χ3n) is 6.41. The first-order chi connectivity index (χ1) is 13.5. The van der Waals surface area contributed by atoms with Gasteiger partial charge in [0, 0.05) is 53.0 Å². The van der Waals surface area contributed by atoms with Gasteiger partial charge in [-0.3, -0.25) is 0 Å². The second kappa shape index (κ2) is 6.81. The van der Waals surface area contributed by atoms with Crippen LogP contribution in [0.1, 0.15) is 50.1 Å². The van der Waals surface area contributed by atoms with Gasteiger partial charge >= 0.3 is 0 Å². The first-order valence-electron chi connectivity index (χ1n) is 10.2. The molecule has 0 bridgehead atoms. The minimum Gasteiger partial charge on any atom is -0.364 e. The van der Waals surface area contributed by atoms with Crippen molar-refractivity contribution >= 4 is 31.8 Å². The molecule has 2 aliphatic carbocycles. The highest BCUT2D eigenvalue weighted by Gasteiger charge is 2.36. The standard InChI is InChI=1S/C21H26N4O2S/c1-28(26,27)25(13-14-2-3-14)17-6-4-15(5-7-17)20-19-16(8-10-22-20)12-24-21-18(19)9-11-23-21/h8-12,14-15,17,22H,2-7,13H2,1H3. The van der Waals surface area contributed by atoms with Crippen LogP contribution >= 0.6 is 0 Å². The van der Waals surface area contributed by atoms with Crippen LogP contribution in [0.3, 0.4) is 0 Å². The summed E-state index contributed by atoms with van der Waals surface area (Å²) in [4.78, 5) is 12.3. The molecule has 3 aromatic rings. The van der Waals surface area contributed by atoms with Gasteiger partial charge in [0.15, 0.2) is 5.65 Å². The van der Waals surface area contributed by atoms with Crippen molar-refractivity contribution in [3.63, 3.8) is 0 Å². The fourth-order valence-electron chi connectivity index (χ4n) is 4.78. The fraction of sp³-hybridized carbons (Fsp3) is 0.524. The summed E-state index contributed by atoms with van der Waals surface area (Å²) in [5.41, 5.74) is 2.03. The van der Waals surface area contributed by atoms with E-state index in [9.17, 15) is 8.42 Å². The molecule has 0 atom stereocenters. The van der Waals surface area contributed by atoms with Gasteiger partial charge < -0.3 is 4.98 Å². The Morgan fingerprint density at radius 2 is 1.89 bits per heavy atom. The highest BCUT2D eigenvalue weighted by atomic mass is 32.2. The van der Waals surface area contributed by atoms with E-state index in [0.29, 0.717) is 18.4 Å². The summed E-state index contributed by atoms with van der Waals surface area (Å²) in [5.74, 6) is 0.979. The Kier molecular flexibility index (Phi) is 4.39. The third-order valence-corrected chi connectivity index (χ3v) is 7.71. The zero-order valence-electron chi connectivity index (χ0n) is 16.1. The maximum atomic E-state index is 12.3. The molecule has 7 heteroatoms. The monoisotopic (exact) mass is 398 g/mol. The Labute approximate surface area is 165 Å². The average molecular weight is 399 g/mol. The van der Waals surface area contributed by atoms with Crippen LogP contribution in [0, 0.1) is 5.92 Å². The number of sulfonamides is 1. The van der Waals surface area contributed by atoms with E-state index in [0.717, 1.165) is 42.1 Å². The Morgan fingerprint density at radius 3 is 2.61 bits per heavy atom. The minimum atomic E-state index is -3.15. The lowest BCUT2D eigenvalue weighted by atomic mass is 9.82. The zero-order valence-corrected chi connectivity index (χ0v) is 17.0. The summed E-state index contributed by atoms with van der Waals surface area (Å²) in [7, 11) is -3.15. The van der Waals surface area contributed by atoms with E-state index in [-0.39, 0.29) is 6.04 Å². The molecular formula is C21H26N4O2S. The molecular weight excluding hydrogens is 372 g/mol. The molecule has 3 aromatic heterocycles. The Bertz CT molecular complexity index is 1110. The first kappa shape index (κ1) is 18.1. The first-order valence-corrected chi connectivity index (χ1v) is 12.0. The quantitative estimate of drug-likeness (QED) is 0.709. The summed E-state index contributed by atoms with van der Waals surface area (Å²) >= 11 is 0. The van der Waals surface area contributed by atoms with E-state index in [1.54, 1.807) is 4.31 Å². The molecule has 6 nitrogen and oxygen atoms in total. The highest BCUT2D eigenvalue weighted by Crippen LogP contribution is 2.40. The van der Waals surface area contributed by atoms with Gasteiger partial charge in [0.25, 0.3) is 0 Å². The summed E-state index contributed by atoms with van der Waals surface area (Å²) in [6.07, 6.45) is 13.2. The van der Waals surface area contributed by atoms with Crippen LogP contribution in [-0.4, -0.2) is 46.5 Å². The van der Waals surface area contributed by atoms with E-state index in [4.69, 9.17) is 0 Å². The molecule has 5 rings (SSSR count). The van der Waals surface area contributed by atoms with Crippen molar-refractivity contribution in [1.29, 1.82) is 0 Å². The van der Waals surface area contributed by atoms with Gasteiger partial charge in [-0.1, -0.05) is 0 Å². The second-order valence-corrected chi connectivity index (χ2v) is 10.4. The van der Waals surface area contributed by atoms with E-state index in [1.807, 2.05) is 24.7 Å². The molecule has 0 unspecified atom stereocenters. The van der Waals surface area contributed by atoms with Crippen LogP contribution in [0.15, 0.2) is 30.7 Å². The molecule has 0 radical (unpaired) electrons. The number of H-pyrrole nitrogens is 1. The minimum absolute atomic E-state index is 0.143. The van der Waals surface area contributed by atoms with Gasteiger partial charge in [-0.2, -0.15) is 4.31 Å². The Balaban J connectivity index is 1.42. The van der Waals surface area contributed by atoms with Crippen LogP contribution in [0.2, 0.25) is 0 Å². The van der Waals surface area contributed by atoms with Crippen molar-refractivity contribution in [3.8, 4) is 0 Å². The molecule has 3 heterocycles. The van der Waals surface area contributed by atoms with Crippen molar-refractivity contribution in [2.45, 2.75) is 50.5 Å². The van der Waals surface area contributed by atoms with E-state index in [1.165, 1.54) is 30.2 Å². The van der Waals surface area contributed by atoms with Gasteiger partial charge in [0.2, 0.25) is 10.0 Å². The lowest BCUT2D eigenvalue weighted by molar-refractivity contribution is 0.234. The van der Waals surface area contributed by atoms with Crippen LogP contribution < -0.4 is 0 Å². The van der Waals surface area contributed by atoms with Gasteiger partial charge in [-0.15, -0.1) is 0 Å².